The van der Waals surface area contributed by atoms with Gasteiger partial charge in [-0.15, -0.1) is 0 Å². The lowest BCUT2D eigenvalue weighted by atomic mass is 9.96. The summed E-state index contributed by atoms with van der Waals surface area (Å²) in [7, 11) is 1.63. The summed E-state index contributed by atoms with van der Waals surface area (Å²) in [5.74, 6) is 0.610. The highest BCUT2D eigenvalue weighted by Gasteiger charge is 2.28. The van der Waals surface area contributed by atoms with Crippen molar-refractivity contribution in [2.75, 3.05) is 0 Å². The van der Waals surface area contributed by atoms with Gasteiger partial charge in [-0.3, -0.25) is 9.59 Å². The van der Waals surface area contributed by atoms with Crippen LogP contribution in [0.1, 0.15) is 51.1 Å². The van der Waals surface area contributed by atoms with Crippen molar-refractivity contribution in [2.45, 2.75) is 57.9 Å². The third kappa shape index (κ3) is 3.91. The summed E-state index contributed by atoms with van der Waals surface area (Å²) in [5, 5.41) is 8.93. The van der Waals surface area contributed by atoms with Crippen LogP contribution in [0.5, 0.6) is 0 Å². The third-order valence-electron chi connectivity index (χ3n) is 5.29. The lowest BCUT2D eigenvalue weighted by molar-refractivity contribution is -0.121. The number of fused-ring (bicyclic) bond motifs is 1. The van der Waals surface area contributed by atoms with E-state index < -0.39 is 0 Å². The molecule has 1 aromatic carbocycles. The molecule has 0 saturated heterocycles. The van der Waals surface area contributed by atoms with Gasteiger partial charge in [0.15, 0.2) is 0 Å². The quantitative estimate of drug-likeness (QED) is 0.878. The normalized spacial score (nSPS) is 20.1. The van der Waals surface area contributed by atoms with Crippen molar-refractivity contribution in [1.29, 1.82) is 0 Å². The highest BCUT2D eigenvalue weighted by Crippen LogP contribution is 2.30. The van der Waals surface area contributed by atoms with Crippen molar-refractivity contribution in [3.05, 3.63) is 40.3 Å². The Morgan fingerprint density at radius 3 is 2.80 bits per heavy atom. The standard InChI is InChI=1S/C20H27N3O2/c1-3-4-8-14-9-7-12-17(14)21-19(24)13-18-15-10-5-6-11-16(15)20(25)23(2)22-18/h5-6,10-11,14,17H,3-4,7-9,12-13H2,1-2H3,(H,21,24)/t14-,17-/m0/s1. The molecule has 1 heterocycles. The van der Waals surface area contributed by atoms with Crippen LogP contribution in [0.25, 0.3) is 10.8 Å². The van der Waals surface area contributed by atoms with E-state index in [2.05, 4.69) is 17.3 Å². The van der Waals surface area contributed by atoms with Crippen molar-refractivity contribution in [2.24, 2.45) is 13.0 Å². The molecule has 0 unspecified atom stereocenters. The van der Waals surface area contributed by atoms with Gasteiger partial charge in [-0.2, -0.15) is 5.10 Å². The molecule has 2 atom stereocenters. The molecule has 1 N–H and O–H groups in total. The Morgan fingerprint density at radius 1 is 1.28 bits per heavy atom. The number of hydrogen-bond donors (Lipinski definition) is 1. The molecule has 1 amide bonds. The second kappa shape index (κ2) is 7.81. The van der Waals surface area contributed by atoms with Crippen molar-refractivity contribution in [3.63, 3.8) is 0 Å². The van der Waals surface area contributed by atoms with Crippen LogP contribution >= 0.6 is 0 Å². The van der Waals surface area contributed by atoms with Gasteiger partial charge in [0, 0.05) is 18.5 Å². The highest BCUT2D eigenvalue weighted by molar-refractivity contribution is 5.88. The zero-order valence-electron chi connectivity index (χ0n) is 15.1. The Balaban J connectivity index is 1.74. The highest BCUT2D eigenvalue weighted by atomic mass is 16.2. The fraction of sp³-hybridized carbons (Fsp3) is 0.550. The van der Waals surface area contributed by atoms with E-state index in [0.717, 1.165) is 11.8 Å². The summed E-state index contributed by atoms with van der Waals surface area (Å²) in [4.78, 5) is 24.8. The average Bonchev–Trinajstić information content (AvgIpc) is 3.04. The second-order valence-corrected chi connectivity index (χ2v) is 7.11. The van der Waals surface area contributed by atoms with Crippen LogP contribution in [0.3, 0.4) is 0 Å². The fourth-order valence-corrected chi connectivity index (χ4v) is 3.96. The maximum atomic E-state index is 12.6. The number of carbonyl (C=O) groups is 1. The largest absolute Gasteiger partial charge is 0.353 e. The molecule has 2 aromatic rings. The van der Waals surface area contributed by atoms with Crippen molar-refractivity contribution < 1.29 is 4.79 Å². The number of aromatic nitrogens is 2. The molecule has 5 nitrogen and oxygen atoms in total. The predicted molar refractivity (Wildman–Crippen MR) is 99.5 cm³/mol. The number of nitrogens with zero attached hydrogens (tertiary/aromatic N) is 2. The van der Waals surface area contributed by atoms with Crippen LogP contribution in [0.2, 0.25) is 0 Å². The summed E-state index contributed by atoms with van der Waals surface area (Å²) in [6, 6.07) is 7.66. The molecule has 0 aliphatic heterocycles. The first-order chi connectivity index (χ1) is 12.1. The summed E-state index contributed by atoms with van der Waals surface area (Å²) in [6.07, 6.45) is 7.32. The molecule has 1 aliphatic rings. The number of amides is 1. The number of benzene rings is 1. The van der Waals surface area contributed by atoms with Crippen molar-refractivity contribution >= 4 is 16.7 Å². The number of rotatable bonds is 6. The van der Waals surface area contributed by atoms with Gasteiger partial charge in [-0.05, 0) is 31.2 Å². The molecule has 5 heteroatoms. The number of unbranched alkanes of at least 4 members (excludes halogenated alkanes) is 1. The number of aryl methyl sites for hydroxylation is 1. The number of hydrogen-bond acceptors (Lipinski definition) is 3. The molecule has 3 rings (SSSR count). The second-order valence-electron chi connectivity index (χ2n) is 7.11. The Morgan fingerprint density at radius 2 is 2.04 bits per heavy atom. The van der Waals surface area contributed by atoms with E-state index in [1.54, 1.807) is 13.1 Å². The third-order valence-corrected chi connectivity index (χ3v) is 5.29. The summed E-state index contributed by atoms with van der Waals surface area (Å²) in [5.41, 5.74) is 0.536. The van der Waals surface area contributed by atoms with Gasteiger partial charge in [0.05, 0.1) is 17.5 Å². The van der Waals surface area contributed by atoms with Gasteiger partial charge in [0.2, 0.25) is 5.91 Å². The molecule has 1 aliphatic carbocycles. The molecule has 134 valence electrons. The first kappa shape index (κ1) is 17.6. The molecule has 25 heavy (non-hydrogen) atoms. The van der Waals surface area contributed by atoms with Gasteiger partial charge in [-0.25, -0.2) is 4.68 Å². The van der Waals surface area contributed by atoms with Gasteiger partial charge >= 0.3 is 0 Å². The Hall–Kier alpha value is -2.17. The molecule has 1 saturated carbocycles. The van der Waals surface area contributed by atoms with E-state index in [4.69, 9.17) is 0 Å². The summed E-state index contributed by atoms with van der Waals surface area (Å²) in [6.45, 7) is 2.21. The van der Waals surface area contributed by atoms with Crippen LogP contribution < -0.4 is 10.9 Å². The lowest BCUT2D eigenvalue weighted by Gasteiger charge is -2.21. The molecular formula is C20H27N3O2. The Labute approximate surface area is 148 Å². The van der Waals surface area contributed by atoms with Gasteiger partial charge in [0.1, 0.15) is 0 Å². The maximum absolute atomic E-state index is 12.6. The molecule has 0 radical (unpaired) electrons. The van der Waals surface area contributed by atoms with E-state index in [-0.39, 0.29) is 23.9 Å². The van der Waals surface area contributed by atoms with Gasteiger partial charge in [0.25, 0.3) is 5.56 Å². The minimum Gasteiger partial charge on any atom is -0.353 e. The van der Waals surface area contributed by atoms with Crippen molar-refractivity contribution in [3.8, 4) is 0 Å². The first-order valence-electron chi connectivity index (χ1n) is 9.34. The SMILES string of the molecule is CCCC[C@H]1CCC[C@@H]1NC(=O)Cc1nn(C)c(=O)c2ccccc12. The summed E-state index contributed by atoms with van der Waals surface area (Å²) >= 11 is 0. The maximum Gasteiger partial charge on any atom is 0.274 e. The zero-order valence-corrected chi connectivity index (χ0v) is 15.1. The van der Waals surface area contributed by atoms with Gasteiger partial charge in [-0.1, -0.05) is 44.4 Å². The zero-order chi connectivity index (χ0) is 17.8. The lowest BCUT2D eigenvalue weighted by Crippen LogP contribution is -2.38. The minimum absolute atomic E-state index is 0.00435. The predicted octanol–water partition coefficient (Wildman–Crippen LogP) is 2.95. The van der Waals surface area contributed by atoms with Gasteiger partial charge < -0.3 is 5.32 Å². The topological polar surface area (TPSA) is 64.0 Å². The molecular weight excluding hydrogens is 314 g/mol. The average molecular weight is 341 g/mol. The minimum atomic E-state index is -0.129. The molecule has 0 spiro atoms. The van der Waals surface area contributed by atoms with Crippen LogP contribution in [-0.2, 0) is 18.3 Å². The van der Waals surface area contributed by atoms with Crippen LogP contribution in [0.4, 0.5) is 0 Å². The Kier molecular flexibility index (Phi) is 5.51. The van der Waals surface area contributed by atoms with E-state index in [9.17, 15) is 9.59 Å². The number of nitrogens with one attached hydrogen (secondary N) is 1. The molecule has 0 bridgehead atoms. The monoisotopic (exact) mass is 341 g/mol. The van der Waals surface area contributed by atoms with E-state index in [1.807, 2.05) is 18.2 Å². The molecule has 1 aromatic heterocycles. The van der Waals surface area contributed by atoms with E-state index in [0.29, 0.717) is 17.0 Å². The fourth-order valence-electron chi connectivity index (χ4n) is 3.96. The Bertz CT molecular complexity index is 812. The number of carbonyl (C=O) groups excluding carboxylic acids is 1. The van der Waals surface area contributed by atoms with E-state index in [1.165, 1.54) is 36.8 Å². The van der Waals surface area contributed by atoms with Crippen LogP contribution in [-0.4, -0.2) is 21.7 Å². The first-order valence-corrected chi connectivity index (χ1v) is 9.34. The van der Waals surface area contributed by atoms with Crippen molar-refractivity contribution in [1.82, 2.24) is 15.1 Å². The summed E-state index contributed by atoms with van der Waals surface area (Å²) < 4.78 is 1.32. The van der Waals surface area contributed by atoms with Crippen LogP contribution in [0.15, 0.2) is 29.1 Å². The smallest absolute Gasteiger partial charge is 0.274 e. The van der Waals surface area contributed by atoms with E-state index >= 15 is 0 Å². The van der Waals surface area contributed by atoms with Crippen LogP contribution in [0, 0.1) is 5.92 Å². The molecule has 1 fully saturated rings.